The van der Waals surface area contributed by atoms with E-state index < -0.39 is 0 Å². The monoisotopic (exact) mass is 471 g/mol. The van der Waals surface area contributed by atoms with Crippen molar-refractivity contribution in [3.63, 3.8) is 0 Å². The first kappa shape index (κ1) is 24.4. The van der Waals surface area contributed by atoms with E-state index in [9.17, 15) is 9.59 Å². The molecule has 182 valence electrons. The summed E-state index contributed by atoms with van der Waals surface area (Å²) in [5.74, 6) is -0.338. The number of nitrogens with one attached hydrogen (secondary N) is 2. The Morgan fingerprint density at radius 3 is 2.54 bits per heavy atom. The number of hydrogen-bond acceptors (Lipinski definition) is 4. The highest BCUT2D eigenvalue weighted by molar-refractivity contribution is 5.96. The van der Waals surface area contributed by atoms with E-state index in [-0.39, 0.29) is 28.6 Å². The van der Waals surface area contributed by atoms with Crippen molar-refractivity contribution >= 4 is 22.6 Å². The van der Waals surface area contributed by atoms with Gasteiger partial charge in [0.2, 0.25) is 0 Å². The molecule has 3 heterocycles. The van der Waals surface area contributed by atoms with E-state index in [1.165, 1.54) is 23.3 Å². The van der Waals surface area contributed by atoms with Crippen LogP contribution in [0, 0.1) is 12.3 Å². The topological polar surface area (TPSA) is 92.2 Å². The van der Waals surface area contributed by atoms with Gasteiger partial charge in [-0.15, -0.1) is 0 Å². The van der Waals surface area contributed by atoms with Crippen LogP contribution < -0.4 is 16.4 Å². The third-order valence-corrected chi connectivity index (χ3v) is 6.56. The first-order valence-electron chi connectivity index (χ1n) is 12.4. The second-order valence-corrected chi connectivity index (χ2v) is 9.07. The summed E-state index contributed by atoms with van der Waals surface area (Å²) in [5.41, 5.74) is 2.75. The van der Waals surface area contributed by atoms with E-state index >= 15 is 0 Å². The minimum Gasteiger partial charge on any atom is -0.352 e. The fraction of sp³-hybridized carbons (Fsp3) is 0.357. The van der Waals surface area contributed by atoms with Crippen molar-refractivity contribution < 1.29 is 4.79 Å². The Hall–Kier alpha value is -3.74. The Balaban J connectivity index is 1.85. The normalized spacial score (nSPS) is 12.2. The van der Waals surface area contributed by atoms with E-state index in [4.69, 9.17) is 10.4 Å². The van der Waals surface area contributed by atoms with Crippen LogP contribution in [-0.2, 0) is 0 Å². The van der Waals surface area contributed by atoms with Crippen molar-refractivity contribution in [2.75, 3.05) is 6.54 Å². The van der Waals surface area contributed by atoms with Gasteiger partial charge in [-0.2, -0.15) is 0 Å². The molecule has 35 heavy (non-hydrogen) atoms. The van der Waals surface area contributed by atoms with Crippen molar-refractivity contribution in [3.8, 4) is 0 Å². The first-order valence-corrected chi connectivity index (χ1v) is 12.4. The highest BCUT2D eigenvalue weighted by atomic mass is 16.1. The molecule has 0 bridgehead atoms. The van der Waals surface area contributed by atoms with Crippen LogP contribution in [0.5, 0.6) is 0 Å². The van der Waals surface area contributed by atoms with Crippen LogP contribution >= 0.6 is 0 Å². The zero-order valence-corrected chi connectivity index (χ0v) is 20.7. The number of fused-ring (bicyclic) bond motifs is 2. The Bertz CT molecular complexity index is 1470. The molecule has 1 atom stereocenters. The maximum absolute atomic E-state index is 13.5. The smallest absolute Gasteiger partial charge is 0.267 e. The molecular formula is C28H33N5O2. The molecule has 1 unspecified atom stereocenters. The van der Waals surface area contributed by atoms with Crippen LogP contribution in [0.4, 0.5) is 0 Å². The molecule has 1 aromatic carbocycles. The Morgan fingerprint density at radius 2 is 1.80 bits per heavy atom. The predicted molar refractivity (Wildman–Crippen MR) is 139 cm³/mol. The Labute approximate surface area is 205 Å². The van der Waals surface area contributed by atoms with Crippen LogP contribution in [0.25, 0.3) is 16.7 Å². The molecule has 0 saturated heterocycles. The van der Waals surface area contributed by atoms with Crippen molar-refractivity contribution in [2.24, 2.45) is 0 Å². The fourth-order valence-electron chi connectivity index (χ4n) is 4.52. The third kappa shape index (κ3) is 4.90. The SMILES string of the molecule is CCCCCCCNC(=O)c1cc2c(=O)n3cccc(C)c3nc2n(C(C)c2ccccc2)c1=N. The highest BCUT2D eigenvalue weighted by Crippen LogP contribution is 2.21. The van der Waals surface area contributed by atoms with Gasteiger partial charge in [-0.05, 0) is 43.5 Å². The van der Waals surface area contributed by atoms with Gasteiger partial charge in [-0.25, -0.2) is 4.98 Å². The molecule has 1 amide bonds. The number of unbranched alkanes of at least 4 members (excludes halogenated alkanes) is 4. The van der Waals surface area contributed by atoms with Crippen molar-refractivity contribution in [3.05, 3.63) is 87.3 Å². The van der Waals surface area contributed by atoms with Crippen molar-refractivity contribution in [1.29, 1.82) is 5.41 Å². The minimum absolute atomic E-state index is 0.0437. The summed E-state index contributed by atoms with van der Waals surface area (Å²) in [6, 6.07) is 14.7. The molecule has 0 fully saturated rings. The molecule has 4 aromatic rings. The van der Waals surface area contributed by atoms with Gasteiger partial charge in [0, 0.05) is 12.7 Å². The van der Waals surface area contributed by atoms with E-state index in [0.29, 0.717) is 23.2 Å². The Morgan fingerprint density at radius 1 is 1.06 bits per heavy atom. The lowest BCUT2D eigenvalue weighted by Gasteiger charge is -2.21. The Kier molecular flexibility index (Phi) is 7.44. The zero-order valence-electron chi connectivity index (χ0n) is 20.7. The van der Waals surface area contributed by atoms with E-state index in [1.54, 1.807) is 10.8 Å². The van der Waals surface area contributed by atoms with Crippen LogP contribution in [0.2, 0.25) is 0 Å². The van der Waals surface area contributed by atoms with Crippen molar-refractivity contribution in [2.45, 2.75) is 58.9 Å². The van der Waals surface area contributed by atoms with Gasteiger partial charge in [0.15, 0.2) is 0 Å². The summed E-state index contributed by atoms with van der Waals surface area (Å²) in [6.45, 7) is 6.58. The van der Waals surface area contributed by atoms with Gasteiger partial charge in [0.05, 0.1) is 17.0 Å². The number of carbonyl (C=O) groups excluding carboxylic acids is 1. The largest absolute Gasteiger partial charge is 0.352 e. The van der Waals surface area contributed by atoms with Crippen LogP contribution in [0.15, 0.2) is 59.5 Å². The maximum Gasteiger partial charge on any atom is 0.267 e. The van der Waals surface area contributed by atoms with E-state index in [2.05, 4.69) is 12.2 Å². The number of hydrogen-bond donors (Lipinski definition) is 2. The summed E-state index contributed by atoms with van der Waals surface area (Å²) < 4.78 is 3.21. The number of benzene rings is 1. The molecular weight excluding hydrogens is 438 g/mol. The van der Waals surface area contributed by atoms with Gasteiger partial charge in [0.25, 0.3) is 11.5 Å². The number of rotatable bonds is 9. The van der Waals surface area contributed by atoms with Gasteiger partial charge in [-0.1, -0.05) is 69.0 Å². The number of pyridine rings is 2. The molecule has 3 aromatic heterocycles. The average molecular weight is 472 g/mol. The van der Waals surface area contributed by atoms with E-state index in [1.807, 2.05) is 56.3 Å². The quantitative estimate of drug-likeness (QED) is 0.273. The average Bonchev–Trinajstić information content (AvgIpc) is 2.87. The zero-order chi connectivity index (χ0) is 24.9. The number of nitrogens with zero attached hydrogens (tertiary/aromatic N) is 3. The molecule has 0 spiro atoms. The predicted octanol–water partition coefficient (Wildman–Crippen LogP) is 4.75. The van der Waals surface area contributed by atoms with Gasteiger partial charge >= 0.3 is 0 Å². The van der Waals surface area contributed by atoms with Gasteiger partial charge < -0.3 is 9.88 Å². The lowest BCUT2D eigenvalue weighted by molar-refractivity contribution is 0.0950. The minimum atomic E-state index is -0.338. The number of amides is 1. The number of carbonyl (C=O) groups is 1. The highest BCUT2D eigenvalue weighted by Gasteiger charge is 2.21. The second kappa shape index (κ2) is 10.7. The molecule has 0 radical (unpaired) electrons. The van der Waals surface area contributed by atoms with Gasteiger partial charge in [-0.3, -0.25) is 19.4 Å². The lowest BCUT2D eigenvalue weighted by Crippen LogP contribution is -2.36. The molecule has 2 N–H and O–H groups in total. The summed E-state index contributed by atoms with van der Waals surface area (Å²) >= 11 is 0. The number of aryl methyl sites for hydroxylation is 1. The summed E-state index contributed by atoms with van der Waals surface area (Å²) in [7, 11) is 0. The molecule has 0 aliphatic rings. The molecule has 0 saturated carbocycles. The second-order valence-electron chi connectivity index (χ2n) is 9.07. The third-order valence-electron chi connectivity index (χ3n) is 6.56. The van der Waals surface area contributed by atoms with Crippen LogP contribution in [0.1, 0.15) is 73.5 Å². The lowest BCUT2D eigenvalue weighted by atomic mass is 10.1. The summed E-state index contributed by atoms with van der Waals surface area (Å²) in [5, 5.41) is 12.3. The first-order chi connectivity index (χ1) is 16.9. The summed E-state index contributed by atoms with van der Waals surface area (Å²) in [6.07, 6.45) is 7.14. The van der Waals surface area contributed by atoms with Crippen molar-refractivity contribution in [1.82, 2.24) is 19.3 Å². The number of aromatic nitrogens is 3. The fourth-order valence-corrected chi connectivity index (χ4v) is 4.52. The van der Waals surface area contributed by atoms with Crippen LogP contribution in [0.3, 0.4) is 0 Å². The molecule has 4 rings (SSSR count). The van der Waals surface area contributed by atoms with E-state index in [0.717, 1.165) is 30.4 Å². The molecule has 0 aliphatic carbocycles. The molecule has 0 aliphatic heterocycles. The molecule has 7 nitrogen and oxygen atoms in total. The van der Waals surface area contributed by atoms with Crippen LogP contribution in [-0.4, -0.2) is 26.4 Å². The standard InChI is InChI=1S/C28H33N5O2/c1-4-5-6-7-11-16-30-27(34)22-18-23-26(31-25-19(2)13-12-17-32(25)28(23)35)33(24(22)29)20(3)21-14-9-8-10-15-21/h8-10,12-15,17-18,20,29H,4-7,11,16H2,1-3H3,(H,30,34). The maximum atomic E-state index is 13.5. The van der Waals surface area contributed by atoms with Gasteiger partial charge in [0.1, 0.15) is 16.8 Å². The summed E-state index contributed by atoms with van der Waals surface area (Å²) in [4.78, 5) is 31.5. The molecule has 7 heteroatoms.